The predicted octanol–water partition coefficient (Wildman–Crippen LogP) is 0.666. The van der Waals surface area contributed by atoms with E-state index in [-0.39, 0.29) is 17.9 Å². The molecule has 2 aliphatic rings. The zero-order valence-corrected chi connectivity index (χ0v) is 9.16. The monoisotopic (exact) mass is 210 g/mol. The second kappa shape index (κ2) is 4.21. The van der Waals surface area contributed by atoms with Gasteiger partial charge < -0.3 is 10.2 Å². The first kappa shape index (κ1) is 10.5. The number of nitrogens with zero attached hydrogens (tertiary/aromatic N) is 1. The summed E-state index contributed by atoms with van der Waals surface area (Å²) in [5.74, 6) is 0.156. The third kappa shape index (κ3) is 1.85. The summed E-state index contributed by atoms with van der Waals surface area (Å²) in [4.78, 5) is 25.2. The Morgan fingerprint density at radius 3 is 2.60 bits per heavy atom. The molecule has 1 aliphatic heterocycles. The van der Waals surface area contributed by atoms with Crippen LogP contribution in [-0.4, -0.2) is 35.8 Å². The molecule has 0 spiro atoms. The van der Waals surface area contributed by atoms with Crippen LogP contribution in [0.5, 0.6) is 0 Å². The average Bonchev–Trinajstić information content (AvgIpc) is 2.85. The molecule has 1 N–H and O–H groups in total. The van der Waals surface area contributed by atoms with Crippen molar-refractivity contribution in [2.45, 2.75) is 50.6 Å². The Bertz CT molecular complexity index is 272. The second-order valence-electron chi connectivity index (χ2n) is 4.41. The van der Waals surface area contributed by atoms with Gasteiger partial charge in [0.2, 0.25) is 11.8 Å². The molecule has 2 rings (SSSR count). The van der Waals surface area contributed by atoms with Crippen molar-refractivity contribution in [3.05, 3.63) is 0 Å². The van der Waals surface area contributed by atoms with Crippen LogP contribution in [0, 0.1) is 0 Å². The van der Waals surface area contributed by atoms with Gasteiger partial charge in [-0.05, 0) is 19.3 Å². The van der Waals surface area contributed by atoms with Crippen molar-refractivity contribution in [3.8, 4) is 0 Å². The fourth-order valence-corrected chi connectivity index (χ4v) is 2.77. The molecule has 1 aliphatic carbocycles. The third-order valence-corrected chi connectivity index (χ3v) is 3.52. The molecule has 0 bridgehead atoms. The van der Waals surface area contributed by atoms with Gasteiger partial charge in [0, 0.05) is 19.5 Å². The van der Waals surface area contributed by atoms with E-state index in [4.69, 9.17) is 0 Å². The Kier molecular flexibility index (Phi) is 2.93. The molecule has 4 heteroatoms. The number of rotatable bonds is 2. The zero-order chi connectivity index (χ0) is 10.8. The number of hydrogen-bond acceptors (Lipinski definition) is 2. The Morgan fingerprint density at radius 1 is 1.33 bits per heavy atom. The summed E-state index contributed by atoms with van der Waals surface area (Å²) in [6, 6.07) is 0.118. The van der Waals surface area contributed by atoms with Gasteiger partial charge in [0.1, 0.15) is 6.04 Å². The first-order chi connectivity index (χ1) is 7.24. The quantitative estimate of drug-likeness (QED) is 0.728. The van der Waals surface area contributed by atoms with Crippen molar-refractivity contribution in [3.63, 3.8) is 0 Å². The van der Waals surface area contributed by atoms with Crippen LogP contribution in [0.4, 0.5) is 0 Å². The van der Waals surface area contributed by atoms with Crippen LogP contribution < -0.4 is 5.32 Å². The summed E-state index contributed by atoms with van der Waals surface area (Å²) in [6.45, 7) is 0. The molecular formula is C11H18N2O2. The maximum Gasteiger partial charge on any atom is 0.242 e. The van der Waals surface area contributed by atoms with Crippen LogP contribution in [0.2, 0.25) is 0 Å². The minimum atomic E-state index is -0.203. The highest BCUT2D eigenvalue weighted by Crippen LogP contribution is 2.30. The SMILES string of the molecule is CNC(=O)C1CCC(=O)N1C1CCCC1. The molecular weight excluding hydrogens is 192 g/mol. The topological polar surface area (TPSA) is 49.4 Å². The number of amides is 2. The molecule has 1 unspecified atom stereocenters. The Hall–Kier alpha value is -1.06. The summed E-state index contributed by atoms with van der Waals surface area (Å²) < 4.78 is 0. The van der Waals surface area contributed by atoms with Gasteiger partial charge in [-0.1, -0.05) is 12.8 Å². The summed E-state index contributed by atoms with van der Waals surface area (Å²) in [5.41, 5.74) is 0. The highest BCUT2D eigenvalue weighted by Gasteiger charge is 2.40. The van der Waals surface area contributed by atoms with Gasteiger partial charge >= 0.3 is 0 Å². The van der Waals surface area contributed by atoms with Crippen LogP contribution in [0.1, 0.15) is 38.5 Å². The van der Waals surface area contributed by atoms with Gasteiger partial charge in [-0.3, -0.25) is 9.59 Å². The van der Waals surface area contributed by atoms with Crippen molar-refractivity contribution < 1.29 is 9.59 Å². The molecule has 2 amide bonds. The second-order valence-corrected chi connectivity index (χ2v) is 4.41. The van der Waals surface area contributed by atoms with Gasteiger partial charge in [-0.2, -0.15) is 0 Å². The number of likely N-dealkylation sites (N-methyl/N-ethyl adjacent to an activating group) is 1. The Labute approximate surface area is 90.0 Å². The van der Waals surface area contributed by atoms with E-state index in [9.17, 15) is 9.59 Å². The first-order valence-corrected chi connectivity index (χ1v) is 5.77. The normalized spacial score (nSPS) is 27.4. The average molecular weight is 210 g/mol. The van der Waals surface area contributed by atoms with Gasteiger partial charge in [-0.15, -0.1) is 0 Å². The van der Waals surface area contributed by atoms with E-state index in [1.54, 1.807) is 7.05 Å². The van der Waals surface area contributed by atoms with E-state index >= 15 is 0 Å². The van der Waals surface area contributed by atoms with E-state index in [2.05, 4.69) is 5.32 Å². The molecule has 1 heterocycles. The molecule has 1 saturated carbocycles. The van der Waals surface area contributed by atoms with Crippen LogP contribution in [0.15, 0.2) is 0 Å². The van der Waals surface area contributed by atoms with Crippen LogP contribution >= 0.6 is 0 Å². The molecule has 84 valence electrons. The number of hydrogen-bond donors (Lipinski definition) is 1. The highest BCUT2D eigenvalue weighted by atomic mass is 16.2. The van der Waals surface area contributed by atoms with Crippen molar-refractivity contribution >= 4 is 11.8 Å². The third-order valence-electron chi connectivity index (χ3n) is 3.52. The number of carbonyl (C=O) groups is 2. The van der Waals surface area contributed by atoms with Gasteiger partial charge in [-0.25, -0.2) is 0 Å². The molecule has 0 aromatic rings. The summed E-state index contributed by atoms with van der Waals surface area (Å²) in [6.07, 6.45) is 5.74. The molecule has 1 saturated heterocycles. The molecule has 4 nitrogen and oxygen atoms in total. The summed E-state index contributed by atoms with van der Waals surface area (Å²) in [5, 5.41) is 2.65. The lowest BCUT2D eigenvalue weighted by Crippen LogP contribution is -2.47. The zero-order valence-electron chi connectivity index (χ0n) is 9.16. The van der Waals surface area contributed by atoms with Gasteiger partial charge in [0.25, 0.3) is 0 Å². The lowest BCUT2D eigenvalue weighted by molar-refractivity contribution is -0.137. The van der Waals surface area contributed by atoms with Crippen LogP contribution in [0.3, 0.4) is 0 Å². The molecule has 0 aromatic carbocycles. The molecule has 2 fully saturated rings. The fraction of sp³-hybridized carbons (Fsp3) is 0.818. The summed E-state index contributed by atoms with van der Waals surface area (Å²) in [7, 11) is 1.64. The largest absolute Gasteiger partial charge is 0.357 e. The fourth-order valence-electron chi connectivity index (χ4n) is 2.77. The minimum Gasteiger partial charge on any atom is -0.357 e. The smallest absolute Gasteiger partial charge is 0.242 e. The summed E-state index contributed by atoms with van der Waals surface area (Å²) >= 11 is 0. The Morgan fingerprint density at radius 2 is 2.00 bits per heavy atom. The molecule has 0 radical (unpaired) electrons. The maximum absolute atomic E-state index is 11.7. The Balaban J connectivity index is 2.10. The van der Waals surface area contributed by atoms with Crippen molar-refractivity contribution in [1.82, 2.24) is 10.2 Å². The minimum absolute atomic E-state index is 0.00671. The maximum atomic E-state index is 11.7. The van der Waals surface area contributed by atoms with E-state index in [0.717, 1.165) is 12.8 Å². The van der Waals surface area contributed by atoms with Gasteiger partial charge in [0.15, 0.2) is 0 Å². The standard InChI is InChI=1S/C11H18N2O2/c1-12-11(15)9-6-7-10(14)13(9)8-4-2-3-5-8/h8-9H,2-7H2,1H3,(H,12,15). The van der Waals surface area contributed by atoms with Crippen molar-refractivity contribution in [1.29, 1.82) is 0 Å². The van der Waals surface area contributed by atoms with Crippen LogP contribution in [-0.2, 0) is 9.59 Å². The molecule has 15 heavy (non-hydrogen) atoms. The number of carbonyl (C=O) groups excluding carboxylic acids is 2. The van der Waals surface area contributed by atoms with Crippen molar-refractivity contribution in [2.24, 2.45) is 0 Å². The molecule has 1 atom stereocenters. The van der Waals surface area contributed by atoms with E-state index in [1.165, 1.54) is 12.8 Å². The van der Waals surface area contributed by atoms with Gasteiger partial charge in [0.05, 0.1) is 0 Å². The first-order valence-electron chi connectivity index (χ1n) is 5.77. The lowest BCUT2D eigenvalue weighted by Gasteiger charge is -2.29. The lowest BCUT2D eigenvalue weighted by atomic mass is 10.1. The predicted molar refractivity (Wildman–Crippen MR) is 56.2 cm³/mol. The number of nitrogens with one attached hydrogen (secondary N) is 1. The molecule has 0 aromatic heterocycles. The van der Waals surface area contributed by atoms with E-state index < -0.39 is 0 Å². The van der Waals surface area contributed by atoms with Crippen LogP contribution in [0.25, 0.3) is 0 Å². The highest BCUT2D eigenvalue weighted by molar-refractivity contribution is 5.91. The number of likely N-dealkylation sites (tertiary alicyclic amines) is 1. The van der Waals surface area contributed by atoms with E-state index in [1.807, 2.05) is 4.90 Å². The van der Waals surface area contributed by atoms with E-state index in [0.29, 0.717) is 18.9 Å². The van der Waals surface area contributed by atoms with Crippen molar-refractivity contribution in [2.75, 3.05) is 7.05 Å².